The molecule has 0 amide bonds. The SMILES string of the molecule is Nc1ccn(Cc2ccc(O)cc2)n1. The van der Waals surface area contributed by atoms with Gasteiger partial charge in [-0.1, -0.05) is 12.1 Å². The second-order valence-corrected chi connectivity index (χ2v) is 3.10. The number of nitrogens with two attached hydrogens (primary N) is 1. The van der Waals surface area contributed by atoms with Crippen LogP contribution in [0.5, 0.6) is 5.75 Å². The van der Waals surface area contributed by atoms with Crippen molar-refractivity contribution in [2.45, 2.75) is 6.54 Å². The summed E-state index contributed by atoms with van der Waals surface area (Å²) < 4.78 is 1.75. The van der Waals surface area contributed by atoms with Gasteiger partial charge in [-0.05, 0) is 23.8 Å². The Morgan fingerprint density at radius 3 is 2.50 bits per heavy atom. The number of aromatic hydroxyl groups is 1. The molecule has 1 heterocycles. The lowest BCUT2D eigenvalue weighted by atomic mass is 10.2. The van der Waals surface area contributed by atoms with Crippen molar-refractivity contribution in [3.63, 3.8) is 0 Å². The maximum atomic E-state index is 9.08. The van der Waals surface area contributed by atoms with Crippen LogP contribution in [0.2, 0.25) is 0 Å². The van der Waals surface area contributed by atoms with Crippen molar-refractivity contribution in [1.82, 2.24) is 9.78 Å². The zero-order valence-electron chi connectivity index (χ0n) is 7.59. The third-order valence-corrected chi connectivity index (χ3v) is 1.94. The van der Waals surface area contributed by atoms with E-state index in [2.05, 4.69) is 5.10 Å². The van der Waals surface area contributed by atoms with Crippen LogP contribution in [0.15, 0.2) is 36.5 Å². The predicted molar refractivity (Wildman–Crippen MR) is 53.8 cm³/mol. The molecule has 0 fully saturated rings. The third kappa shape index (κ3) is 1.85. The van der Waals surface area contributed by atoms with E-state index < -0.39 is 0 Å². The Hall–Kier alpha value is -1.97. The lowest BCUT2D eigenvalue weighted by molar-refractivity contribution is 0.475. The molecule has 0 atom stereocenters. The van der Waals surface area contributed by atoms with Gasteiger partial charge in [0.15, 0.2) is 0 Å². The van der Waals surface area contributed by atoms with Crippen LogP contribution in [-0.2, 0) is 6.54 Å². The summed E-state index contributed by atoms with van der Waals surface area (Å²) in [4.78, 5) is 0. The molecular formula is C10H11N3O. The van der Waals surface area contributed by atoms with E-state index in [-0.39, 0.29) is 5.75 Å². The normalized spacial score (nSPS) is 10.3. The molecular weight excluding hydrogens is 178 g/mol. The maximum Gasteiger partial charge on any atom is 0.145 e. The number of phenolic OH excluding ortho intramolecular Hbond substituents is 1. The van der Waals surface area contributed by atoms with Crippen LogP contribution in [0.4, 0.5) is 5.82 Å². The molecule has 0 bridgehead atoms. The number of rotatable bonds is 2. The van der Waals surface area contributed by atoms with Gasteiger partial charge in [0.1, 0.15) is 11.6 Å². The number of aromatic nitrogens is 2. The van der Waals surface area contributed by atoms with Gasteiger partial charge in [0, 0.05) is 6.20 Å². The van der Waals surface area contributed by atoms with Gasteiger partial charge in [-0.25, -0.2) is 0 Å². The monoisotopic (exact) mass is 189 g/mol. The highest BCUT2D eigenvalue weighted by Crippen LogP contribution is 2.10. The maximum absolute atomic E-state index is 9.08. The Morgan fingerprint density at radius 2 is 1.93 bits per heavy atom. The highest BCUT2D eigenvalue weighted by atomic mass is 16.3. The van der Waals surface area contributed by atoms with E-state index in [0.29, 0.717) is 12.4 Å². The van der Waals surface area contributed by atoms with Crippen molar-refractivity contribution in [3.8, 4) is 5.75 Å². The molecule has 1 aromatic heterocycles. The van der Waals surface area contributed by atoms with Gasteiger partial charge in [0.05, 0.1) is 6.54 Å². The van der Waals surface area contributed by atoms with E-state index in [1.54, 1.807) is 22.9 Å². The first-order valence-electron chi connectivity index (χ1n) is 4.31. The van der Waals surface area contributed by atoms with E-state index >= 15 is 0 Å². The fourth-order valence-corrected chi connectivity index (χ4v) is 1.25. The van der Waals surface area contributed by atoms with E-state index in [4.69, 9.17) is 10.8 Å². The number of hydrogen-bond acceptors (Lipinski definition) is 3. The summed E-state index contributed by atoms with van der Waals surface area (Å²) >= 11 is 0. The van der Waals surface area contributed by atoms with Crippen molar-refractivity contribution in [3.05, 3.63) is 42.1 Å². The molecule has 14 heavy (non-hydrogen) atoms. The molecule has 2 rings (SSSR count). The average molecular weight is 189 g/mol. The Kier molecular flexibility index (Phi) is 2.10. The van der Waals surface area contributed by atoms with Gasteiger partial charge in [-0.3, -0.25) is 4.68 Å². The van der Waals surface area contributed by atoms with E-state index in [9.17, 15) is 0 Å². The second kappa shape index (κ2) is 3.41. The number of nitrogen functional groups attached to an aromatic ring is 1. The van der Waals surface area contributed by atoms with Gasteiger partial charge in [-0.2, -0.15) is 5.10 Å². The molecule has 0 unspecified atom stereocenters. The van der Waals surface area contributed by atoms with Crippen molar-refractivity contribution in [2.75, 3.05) is 5.73 Å². The van der Waals surface area contributed by atoms with E-state index in [1.807, 2.05) is 18.3 Å². The Labute approximate surface area is 81.6 Å². The summed E-state index contributed by atoms with van der Waals surface area (Å²) in [5.74, 6) is 0.789. The molecule has 0 aliphatic heterocycles. The van der Waals surface area contributed by atoms with Crippen LogP contribution in [0, 0.1) is 0 Å². The first-order valence-corrected chi connectivity index (χ1v) is 4.31. The number of phenols is 1. The minimum atomic E-state index is 0.272. The van der Waals surface area contributed by atoms with Crippen LogP contribution in [0.1, 0.15) is 5.56 Å². The molecule has 3 N–H and O–H groups in total. The standard InChI is InChI=1S/C10H11N3O/c11-10-5-6-13(12-10)7-8-1-3-9(14)4-2-8/h1-6,14H,7H2,(H2,11,12). The highest BCUT2D eigenvalue weighted by Gasteiger charge is 1.96. The minimum Gasteiger partial charge on any atom is -0.508 e. The van der Waals surface area contributed by atoms with Gasteiger partial charge < -0.3 is 10.8 Å². The molecule has 0 saturated heterocycles. The molecule has 0 spiro atoms. The summed E-state index contributed by atoms with van der Waals surface area (Å²) in [5, 5.41) is 13.1. The third-order valence-electron chi connectivity index (χ3n) is 1.94. The molecule has 0 aliphatic rings. The van der Waals surface area contributed by atoms with E-state index in [0.717, 1.165) is 5.56 Å². The topological polar surface area (TPSA) is 64.1 Å². The molecule has 1 aromatic carbocycles. The van der Waals surface area contributed by atoms with Crippen LogP contribution < -0.4 is 5.73 Å². The van der Waals surface area contributed by atoms with Gasteiger partial charge >= 0.3 is 0 Å². The first-order chi connectivity index (χ1) is 6.74. The summed E-state index contributed by atoms with van der Waals surface area (Å²) in [5.41, 5.74) is 6.56. The summed E-state index contributed by atoms with van der Waals surface area (Å²) in [6, 6.07) is 8.77. The van der Waals surface area contributed by atoms with Gasteiger partial charge in [0.25, 0.3) is 0 Å². The molecule has 0 saturated carbocycles. The number of nitrogens with zero attached hydrogens (tertiary/aromatic N) is 2. The van der Waals surface area contributed by atoms with Gasteiger partial charge in [-0.15, -0.1) is 0 Å². The number of anilines is 1. The number of hydrogen-bond donors (Lipinski definition) is 2. The van der Waals surface area contributed by atoms with Crippen LogP contribution in [0.25, 0.3) is 0 Å². The van der Waals surface area contributed by atoms with Gasteiger partial charge in [0.2, 0.25) is 0 Å². The smallest absolute Gasteiger partial charge is 0.145 e. The molecule has 4 nitrogen and oxygen atoms in total. The lowest BCUT2D eigenvalue weighted by Crippen LogP contribution is -2.00. The van der Waals surface area contributed by atoms with Crippen LogP contribution in [-0.4, -0.2) is 14.9 Å². The Balaban J connectivity index is 2.15. The summed E-state index contributed by atoms with van der Waals surface area (Å²) in [6.45, 7) is 0.664. The Bertz CT molecular complexity index is 419. The lowest BCUT2D eigenvalue weighted by Gasteiger charge is -2.01. The molecule has 0 radical (unpaired) electrons. The van der Waals surface area contributed by atoms with E-state index in [1.165, 1.54) is 0 Å². The van der Waals surface area contributed by atoms with Crippen LogP contribution >= 0.6 is 0 Å². The fourth-order valence-electron chi connectivity index (χ4n) is 1.25. The largest absolute Gasteiger partial charge is 0.508 e. The molecule has 2 aromatic rings. The summed E-state index contributed by atoms with van der Waals surface area (Å²) in [7, 11) is 0. The molecule has 4 heteroatoms. The predicted octanol–water partition coefficient (Wildman–Crippen LogP) is 1.22. The summed E-state index contributed by atoms with van der Waals surface area (Å²) in [6.07, 6.45) is 1.82. The van der Waals surface area contributed by atoms with Crippen molar-refractivity contribution >= 4 is 5.82 Å². The zero-order chi connectivity index (χ0) is 9.97. The Morgan fingerprint density at radius 1 is 1.21 bits per heavy atom. The van der Waals surface area contributed by atoms with Crippen LogP contribution in [0.3, 0.4) is 0 Å². The second-order valence-electron chi connectivity index (χ2n) is 3.10. The zero-order valence-corrected chi connectivity index (χ0v) is 7.59. The quantitative estimate of drug-likeness (QED) is 0.746. The highest BCUT2D eigenvalue weighted by molar-refractivity contribution is 5.27. The molecule has 0 aliphatic carbocycles. The fraction of sp³-hybridized carbons (Fsp3) is 0.100. The van der Waals surface area contributed by atoms with Crippen molar-refractivity contribution < 1.29 is 5.11 Å². The van der Waals surface area contributed by atoms with Crippen molar-refractivity contribution in [1.29, 1.82) is 0 Å². The minimum absolute atomic E-state index is 0.272. The number of benzene rings is 1. The first kappa shape index (κ1) is 8.62. The van der Waals surface area contributed by atoms with Crippen molar-refractivity contribution in [2.24, 2.45) is 0 Å². The molecule has 72 valence electrons. The average Bonchev–Trinajstić information content (AvgIpc) is 2.56.